The topological polar surface area (TPSA) is 46.5 Å². The van der Waals surface area contributed by atoms with E-state index in [0.29, 0.717) is 5.75 Å². The van der Waals surface area contributed by atoms with Crippen LogP contribution >= 0.6 is 11.3 Å². The van der Waals surface area contributed by atoms with Crippen molar-refractivity contribution in [1.82, 2.24) is 0 Å². The van der Waals surface area contributed by atoms with Crippen molar-refractivity contribution in [2.24, 2.45) is 0 Å². The first kappa shape index (κ1) is 10.1. The number of hydrogen-bond acceptors (Lipinski definition) is 4. The molecule has 0 amide bonds. The highest BCUT2D eigenvalue weighted by Gasteiger charge is 2.30. The molecule has 0 saturated heterocycles. The predicted octanol–water partition coefficient (Wildman–Crippen LogP) is 3.07. The Morgan fingerprint density at radius 1 is 1.24 bits per heavy atom. The number of ether oxygens (including phenoxy) is 1. The van der Waals surface area contributed by atoms with Crippen molar-refractivity contribution in [3.8, 4) is 11.5 Å². The first-order valence-corrected chi connectivity index (χ1v) is 5.93. The van der Waals surface area contributed by atoms with Gasteiger partial charge in [-0.15, -0.1) is 11.3 Å². The Labute approximate surface area is 102 Å². The highest BCUT2D eigenvalue weighted by Crippen LogP contribution is 2.37. The van der Waals surface area contributed by atoms with Gasteiger partial charge < -0.3 is 9.84 Å². The molecule has 3 nitrogen and oxygen atoms in total. The van der Waals surface area contributed by atoms with E-state index in [9.17, 15) is 9.90 Å². The summed E-state index contributed by atoms with van der Waals surface area (Å²) in [5, 5.41) is 11.5. The van der Waals surface area contributed by atoms with E-state index in [4.69, 9.17) is 4.74 Å². The van der Waals surface area contributed by atoms with E-state index in [1.165, 1.54) is 17.4 Å². The van der Waals surface area contributed by atoms with Crippen molar-refractivity contribution in [3.63, 3.8) is 0 Å². The zero-order valence-electron chi connectivity index (χ0n) is 8.71. The van der Waals surface area contributed by atoms with Crippen LogP contribution in [0.3, 0.4) is 0 Å². The van der Waals surface area contributed by atoms with Crippen LogP contribution in [-0.4, -0.2) is 10.9 Å². The first-order chi connectivity index (χ1) is 8.25. The molecule has 2 heterocycles. The number of benzene rings is 1. The summed E-state index contributed by atoms with van der Waals surface area (Å²) >= 11 is 1.52. The summed E-state index contributed by atoms with van der Waals surface area (Å²) < 4.78 is 5.43. The van der Waals surface area contributed by atoms with Crippen LogP contribution in [0.15, 0.2) is 41.5 Å². The molecule has 0 aliphatic carbocycles. The lowest BCUT2D eigenvalue weighted by atomic mass is 10.1. The van der Waals surface area contributed by atoms with E-state index >= 15 is 0 Å². The average molecular weight is 244 g/mol. The summed E-state index contributed by atoms with van der Waals surface area (Å²) in [6, 6.07) is 8.60. The molecule has 1 aromatic carbocycles. The van der Waals surface area contributed by atoms with Gasteiger partial charge in [0.15, 0.2) is 5.76 Å². The van der Waals surface area contributed by atoms with Crippen molar-refractivity contribution in [3.05, 3.63) is 51.9 Å². The maximum absolute atomic E-state index is 12.0. The van der Waals surface area contributed by atoms with Gasteiger partial charge in [-0.05, 0) is 23.6 Å². The number of carbonyl (C=O) groups excluding carboxylic acids is 1. The molecule has 1 aromatic heterocycles. The van der Waals surface area contributed by atoms with Crippen LogP contribution in [0.2, 0.25) is 0 Å². The smallest absolute Gasteiger partial charge is 0.235 e. The van der Waals surface area contributed by atoms with Crippen molar-refractivity contribution in [2.75, 3.05) is 0 Å². The van der Waals surface area contributed by atoms with Crippen LogP contribution in [0, 0.1) is 0 Å². The molecule has 1 aliphatic rings. The number of ketones is 1. The second kappa shape index (κ2) is 3.75. The van der Waals surface area contributed by atoms with E-state index in [-0.39, 0.29) is 22.9 Å². The van der Waals surface area contributed by atoms with Crippen LogP contribution in [0.4, 0.5) is 0 Å². The van der Waals surface area contributed by atoms with Crippen molar-refractivity contribution >= 4 is 23.2 Å². The fourth-order valence-electron chi connectivity index (χ4n) is 1.72. The summed E-state index contributed by atoms with van der Waals surface area (Å²) in [6.45, 7) is 0. The number of fused-ring (bicyclic) bond motifs is 1. The molecule has 0 spiro atoms. The standard InChI is InChI=1S/C13H8O3S/c14-9-4-1-5-10-12(9)13(15)11(16-10)7-8-3-2-6-17-8/h1-7,14H/b11-7-. The molecule has 2 aromatic rings. The second-order valence-corrected chi connectivity index (χ2v) is 4.58. The van der Waals surface area contributed by atoms with Crippen LogP contribution in [0.5, 0.6) is 11.5 Å². The summed E-state index contributed by atoms with van der Waals surface area (Å²) in [7, 11) is 0. The van der Waals surface area contributed by atoms with Gasteiger partial charge in [0, 0.05) is 11.0 Å². The van der Waals surface area contributed by atoms with E-state index in [0.717, 1.165) is 4.88 Å². The largest absolute Gasteiger partial charge is 0.507 e. The van der Waals surface area contributed by atoms with Crippen LogP contribution < -0.4 is 4.74 Å². The first-order valence-electron chi connectivity index (χ1n) is 5.05. The van der Waals surface area contributed by atoms with Crippen molar-refractivity contribution in [1.29, 1.82) is 0 Å². The van der Waals surface area contributed by atoms with Crippen molar-refractivity contribution in [2.45, 2.75) is 0 Å². The van der Waals surface area contributed by atoms with Gasteiger partial charge in [-0.1, -0.05) is 12.1 Å². The molecule has 1 N–H and O–H groups in total. The number of phenolic OH excluding ortho intramolecular Hbond substituents is 1. The maximum atomic E-state index is 12.0. The third kappa shape index (κ3) is 1.62. The van der Waals surface area contributed by atoms with Gasteiger partial charge in [-0.25, -0.2) is 0 Å². The van der Waals surface area contributed by atoms with Crippen molar-refractivity contribution < 1.29 is 14.6 Å². The number of allylic oxidation sites excluding steroid dienone is 1. The molecule has 0 bridgehead atoms. The number of thiophene rings is 1. The van der Waals surface area contributed by atoms with Crippen LogP contribution in [-0.2, 0) is 0 Å². The highest BCUT2D eigenvalue weighted by molar-refractivity contribution is 7.10. The number of aromatic hydroxyl groups is 1. The Bertz CT molecular complexity index is 612. The van der Waals surface area contributed by atoms with E-state index < -0.39 is 0 Å². The Hall–Kier alpha value is -2.07. The van der Waals surface area contributed by atoms with E-state index in [1.54, 1.807) is 18.2 Å². The van der Waals surface area contributed by atoms with Gasteiger partial charge in [0.1, 0.15) is 17.1 Å². The Balaban J connectivity index is 2.05. The van der Waals surface area contributed by atoms with E-state index in [2.05, 4.69) is 0 Å². The molecule has 17 heavy (non-hydrogen) atoms. The minimum Gasteiger partial charge on any atom is -0.507 e. The van der Waals surface area contributed by atoms with Gasteiger partial charge in [-0.3, -0.25) is 4.79 Å². The SMILES string of the molecule is O=C1/C(=C/c2cccs2)Oc2cccc(O)c21. The normalized spacial score (nSPS) is 16.0. The zero-order chi connectivity index (χ0) is 11.8. The number of phenols is 1. The van der Waals surface area contributed by atoms with Gasteiger partial charge in [0.25, 0.3) is 0 Å². The minimum absolute atomic E-state index is 0.0397. The van der Waals surface area contributed by atoms with E-state index in [1.807, 2.05) is 17.5 Å². The summed E-state index contributed by atoms with van der Waals surface area (Å²) in [6.07, 6.45) is 1.69. The van der Waals surface area contributed by atoms with Gasteiger partial charge in [-0.2, -0.15) is 0 Å². The molecule has 1 aliphatic heterocycles. The zero-order valence-corrected chi connectivity index (χ0v) is 9.53. The lowest BCUT2D eigenvalue weighted by Crippen LogP contribution is -1.97. The molecule has 4 heteroatoms. The number of hydrogen-bond donors (Lipinski definition) is 1. The lowest BCUT2D eigenvalue weighted by molar-refractivity contribution is 0.101. The summed E-state index contributed by atoms with van der Waals surface area (Å²) in [4.78, 5) is 12.9. The van der Waals surface area contributed by atoms with Crippen LogP contribution in [0.1, 0.15) is 15.2 Å². The van der Waals surface area contributed by atoms with Crippen LogP contribution in [0.25, 0.3) is 6.08 Å². The highest BCUT2D eigenvalue weighted by atomic mass is 32.1. The fourth-order valence-corrected chi connectivity index (χ4v) is 2.36. The fraction of sp³-hybridized carbons (Fsp3) is 0. The third-order valence-electron chi connectivity index (χ3n) is 2.49. The molecular weight excluding hydrogens is 236 g/mol. The Morgan fingerprint density at radius 3 is 2.82 bits per heavy atom. The molecule has 84 valence electrons. The second-order valence-electron chi connectivity index (χ2n) is 3.61. The number of carbonyl (C=O) groups is 1. The minimum atomic E-state index is -0.272. The molecule has 0 fully saturated rings. The molecular formula is C13H8O3S. The summed E-state index contributed by atoms with van der Waals surface area (Å²) in [5.74, 6) is 0.357. The predicted molar refractivity (Wildman–Crippen MR) is 65.4 cm³/mol. The number of Topliss-reactive ketones (excluding diaryl/α,β-unsaturated/α-hetero) is 1. The van der Waals surface area contributed by atoms with Gasteiger partial charge in [0.2, 0.25) is 5.78 Å². The summed E-state index contributed by atoms with van der Waals surface area (Å²) in [5.41, 5.74) is 0.246. The molecule has 0 saturated carbocycles. The Kier molecular flexibility index (Phi) is 2.23. The molecule has 0 radical (unpaired) electrons. The number of rotatable bonds is 1. The molecule has 0 atom stereocenters. The molecule has 3 rings (SSSR count). The molecule has 0 unspecified atom stereocenters. The average Bonchev–Trinajstić information content (AvgIpc) is 2.90. The lowest BCUT2D eigenvalue weighted by Gasteiger charge is -1.96. The third-order valence-corrected chi connectivity index (χ3v) is 3.31. The Morgan fingerprint density at radius 2 is 2.12 bits per heavy atom. The van der Waals surface area contributed by atoms with Gasteiger partial charge in [0.05, 0.1) is 0 Å². The van der Waals surface area contributed by atoms with Gasteiger partial charge >= 0.3 is 0 Å². The quantitative estimate of drug-likeness (QED) is 0.784. The maximum Gasteiger partial charge on any atom is 0.235 e. The monoisotopic (exact) mass is 244 g/mol.